The Morgan fingerprint density at radius 2 is 1.83 bits per heavy atom. The lowest BCUT2D eigenvalue weighted by molar-refractivity contribution is 0.102. The van der Waals surface area contributed by atoms with Gasteiger partial charge in [-0.25, -0.2) is 9.67 Å². The Morgan fingerprint density at radius 3 is 2.50 bits per heavy atom. The Bertz CT molecular complexity index is 957. The predicted octanol–water partition coefficient (Wildman–Crippen LogP) is 2.77. The number of rotatable bonds is 3. The molecule has 0 unspecified atom stereocenters. The van der Waals surface area contributed by atoms with Crippen molar-refractivity contribution in [2.75, 3.05) is 5.32 Å². The number of thiazole rings is 1. The molecule has 6 nitrogen and oxygen atoms in total. The van der Waals surface area contributed by atoms with E-state index in [1.165, 1.54) is 36.1 Å². The molecule has 7 heteroatoms. The van der Waals surface area contributed by atoms with Gasteiger partial charge in [0.1, 0.15) is 5.69 Å². The fraction of sp³-hybridized carbons (Fsp3) is 0.176. The smallest absolute Gasteiger partial charge is 0.277 e. The first-order chi connectivity index (χ1) is 11.4. The predicted molar refractivity (Wildman–Crippen MR) is 94.5 cm³/mol. The molecular weight excluding hydrogens is 324 g/mol. The zero-order valence-electron chi connectivity index (χ0n) is 13.5. The SMILES string of the molecule is Cc1ccc(-c2nc(NC(=O)c3ccc(=O)n(C)n3)sc2C)cc1. The van der Waals surface area contributed by atoms with Crippen LogP contribution in [0, 0.1) is 13.8 Å². The topological polar surface area (TPSA) is 76.9 Å². The number of hydrogen-bond donors (Lipinski definition) is 1. The van der Waals surface area contributed by atoms with E-state index in [1.807, 2.05) is 38.1 Å². The van der Waals surface area contributed by atoms with Crippen molar-refractivity contribution in [2.24, 2.45) is 7.05 Å². The number of carbonyl (C=O) groups excluding carboxylic acids is 1. The lowest BCUT2D eigenvalue weighted by atomic mass is 10.1. The number of amides is 1. The van der Waals surface area contributed by atoms with Crippen LogP contribution in [0.15, 0.2) is 41.2 Å². The maximum Gasteiger partial charge on any atom is 0.277 e. The van der Waals surface area contributed by atoms with E-state index in [0.29, 0.717) is 5.13 Å². The van der Waals surface area contributed by atoms with Crippen LogP contribution in [0.2, 0.25) is 0 Å². The second-order valence-electron chi connectivity index (χ2n) is 5.42. The molecule has 0 saturated heterocycles. The van der Waals surface area contributed by atoms with Crippen LogP contribution in [-0.4, -0.2) is 20.7 Å². The molecule has 2 aromatic heterocycles. The number of anilines is 1. The van der Waals surface area contributed by atoms with Gasteiger partial charge in [0.05, 0.1) is 5.69 Å². The fourth-order valence-electron chi connectivity index (χ4n) is 2.21. The summed E-state index contributed by atoms with van der Waals surface area (Å²) in [4.78, 5) is 29.1. The number of carbonyl (C=O) groups is 1. The number of nitrogens with one attached hydrogen (secondary N) is 1. The highest BCUT2D eigenvalue weighted by atomic mass is 32.1. The summed E-state index contributed by atoms with van der Waals surface area (Å²) in [7, 11) is 1.50. The largest absolute Gasteiger partial charge is 0.296 e. The number of aromatic nitrogens is 3. The van der Waals surface area contributed by atoms with Gasteiger partial charge in [-0.2, -0.15) is 5.10 Å². The van der Waals surface area contributed by atoms with Gasteiger partial charge >= 0.3 is 0 Å². The highest BCUT2D eigenvalue weighted by Gasteiger charge is 2.14. The van der Waals surface area contributed by atoms with Crippen molar-refractivity contribution in [2.45, 2.75) is 13.8 Å². The highest BCUT2D eigenvalue weighted by Crippen LogP contribution is 2.30. The Kier molecular flexibility index (Phi) is 4.26. The molecule has 0 spiro atoms. The van der Waals surface area contributed by atoms with E-state index in [1.54, 1.807) is 0 Å². The lowest BCUT2D eigenvalue weighted by Crippen LogP contribution is -2.23. The number of nitrogens with zero attached hydrogens (tertiary/aromatic N) is 3. The first kappa shape index (κ1) is 16.1. The fourth-order valence-corrected chi connectivity index (χ4v) is 3.04. The van der Waals surface area contributed by atoms with Gasteiger partial charge in [-0.3, -0.25) is 14.9 Å². The normalized spacial score (nSPS) is 10.6. The summed E-state index contributed by atoms with van der Waals surface area (Å²) in [6, 6.07) is 10.8. The molecule has 1 N–H and O–H groups in total. The molecule has 3 rings (SSSR count). The summed E-state index contributed by atoms with van der Waals surface area (Å²) in [5, 5.41) is 7.18. The van der Waals surface area contributed by atoms with Crippen molar-refractivity contribution >= 4 is 22.4 Å². The molecule has 0 radical (unpaired) electrons. The van der Waals surface area contributed by atoms with Crippen LogP contribution >= 0.6 is 11.3 Å². The maximum atomic E-state index is 12.3. The van der Waals surface area contributed by atoms with Gasteiger partial charge in [0.2, 0.25) is 0 Å². The van der Waals surface area contributed by atoms with Gasteiger partial charge in [0.15, 0.2) is 5.13 Å². The number of hydrogen-bond acceptors (Lipinski definition) is 5. The van der Waals surface area contributed by atoms with E-state index in [0.717, 1.165) is 20.8 Å². The Hall–Kier alpha value is -2.80. The molecule has 0 bridgehead atoms. The first-order valence-electron chi connectivity index (χ1n) is 7.34. The molecule has 0 aliphatic heterocycles. The van der Waals surface area contributed by atoms with E-state index < -0.39 is 5.91 Å². The van der Waals surface area contributed by atoms with E-state index in [2.05, 4.69) is 15.4 Å². The van der Waals surface area contributed by atoms with Crippen molar-refractivity contribution in [1.82, 2.24) is 14.8 Å². The Balaban J connectivity index is 1.84. The summed E-state index contributed by atoms with van der Waals surface area (Å²) in [5.41, 5.74) is 2.94. The molecule has 0 aliphatic carbocycles. The molecule has 3 aromatic rings. The molecular formula is C17H16N4O2S. The molecule has 2 heterocycles. The van der Waals surface area contributed by atoms with Crippen molar-refractivity contribution in [3.05, 3.63) is 62.9 Å². The molecule has 1 aromatic carbocycles. The van der Waals surface area contributed by atoms with Crippen LogP contribution in [0.5, 0.6) is 0 Å². The minimum atomic E-state index is -0.394. The van der Waals surface area contributed by atoms with E-state index in [-0.39, 0.29) is 11.3 Å². The van der Waals surface area contributed by atoms with Crippen molar-refractivity contribution < 1.29 is 4.79 Å². The van der Waals surface area contributed by atoms with E-state index in [9.17, 15) is 9.59 Å². The van der Waals surface area contributed by atoms with Crippen LogP contribution < -0.4 is 10.9 Å². The molecule has 0 atom stereocenters. The maximum absolute atomic E-state index is 12.3. The van der Waals surface area contributed by atoms with Gasteiger partial charge in [-0.1, -0.05) is 29.8 Å². The number of benzene rings is 1. The number of aryl methyl sites for hydroxylation is 3. The molecule has 0 fully saturated rings. The highest BCUT2D eigenvalue weighted by molar-refractivity contribution is 7.16. The zero-order chi connectivity index (χ0) is 17.3. The van der Waals surface area contributed by atoms with Gasteiger partial charge in [0.25, 0.3) is 11.5 Å². The summed E-state index contributed by atoms with van der Waals surface area (Å²) in [6.45, 7) is 4.00. The second-order valence-corrected chi connectivity index (χ2v) is 6.63. The molecule has 24 heavy (non-hydrogen) atoms. The standard InChI is InChI=1S/C17H16N4O2S/c1-10-4-6-12(7-5-10)15-11(2)24-17(18-15)19-16(23)13-8-9-14(22)21(3)20-13/h4-9H,1-3H3,(H,18,19,23). The second kappa shape index (κ2) is 6.37. The van der Waals surface area contributed by atoms with Crippen LogP contribution in [0.1, 0.15) is 20.9 Å². The van der Waals surface area contributed by atoms with Gasteiger partial charge in [-0.15, -0.1) is 11.3 Å². The summed E-state index contributed by atoms with van der Waals surface area (Å²) in [5.74, 6) is -0.394. The molecule has 122 valence electrons. The third-order valence-corrected chi connectivity index (χ3v) is 4.42. The average molecular weight is 340 g/mol. The van der Waals surface area contributed by atoms with Crippen molar-refractivity contribution in [1.29, 1.82) is 0 Å². The zero-order valence-corrected chi connectivity index (χ0v) is 14.3. The molecule has 0 aliphatic rings. The van der Waals surface area contributed by atoms with E-state index >= 15 is 0 Å². The molecule has 1 amide bonds. The van der Waals surface area contributed by atoms with Crippen LogP contribution in [0.25, 0.3) is 11.3 Å². The Labute approximate surface area is 142 Å². The van der Waals surface area contributed by atoms with E-state index in [4.69, 9.17) is 0 Å². The minimum absolute atomic E-state index is 0.168. The van der Waals surface area contributed by atoms with Gasteiger partial charge in [0, 0.05) is 23.6 Å². The first-order valence-corrected chi connectivity index (χ1v) is 8.16. The average Bonchev–Trinajstić information content (AvgIpc) is 2.91. The monoisotopic (exact) mass is 340 g/mol. The van der Waals surface area contributed by atoms with Gasteiger partial charge < -0.3 is 0 Å². The minimum Gasteiger partial charge on any atom is -0.296 e. The van der Waals surface area contributed by atoms with Crippen molar-refractivity contribution in [3.63, 3.8) is 0 Å². The van der Waals surface area contributed by atoms with Crippen LogP contribution in [-0.2, 0) is 7.05 Å². The van der Waals surface area contributed by atoms with Crippen LogP contribution in [0.3, 0.4) is 0 Å². The third-order valence-electron chi connectivity index (χ3n) is 3.54. The summed E-state index contributed by atoms with van der Waals surface area (Å²) >= 11 is 1.40. The summed E-state index contributed by atoms with van der Waals surface area (Å²) in [6.07, 6.45) is 0. The molecule has 0 saturated carbocycles. The lowest BCUT2D eigenvalue weighted by Gasteiger charge is -2.02. The quantitative estimate of drug-likeness (QED) is 0.795. The summed E-state index contributed by atoms with van der Waals surface area (Å²) < 4.78 is 1.12. The Morgan fingerprint density at radius 1 is 1.12 bits per heavy atom. The van der Waals surface area contributed by atoms with Crippen LogP contribution in [0.4, 0.5) is 5.13 Å². The van der Waals surface area contributed by atoms with Gasteiger partial charge in [-0.05, 0) is 19.9 Å². The van der Waals surface area contributed by atoms with Crippen molar-refractivity contribution in [3.8, 4) is 11.3 Å². The third kappa shape index (κ3) is 3.26.